The third-order valence-corrected chi connectivity index (χ3v) is 3.99. The molecule has 0 heterocycles. The van der Waals surface area contributed by atoms with Gasteiger partial charge in [0.1, 0.15) is 5.82 Å². The van der Waals surface area contributed by atoms with Crippen LogP contribution in [0.3, 0.4) is 0 Å². The Labute approximate surface area is 158 Å². The zero-order chi connectivity index (χ0) is 19.6. The molecule has 0 bridgehead atoms. The van der Waals surface area contributed by atoms with Crippen LogP contribution in [-0.4, -0.2) is 32.1 Å². The number of hydrogen-bond acceptors (Lipinski definition) is 3. The molecule has 2 aromatic carbocycles. The lowest BCUT2D eigenvalue weighted by atomic mass is 10.1. The van der Waals surface area contributed by atoms with E-state index in [9.17, 15) is 14.0 Å². The third kappa shape index (κ3) is 6.38. The first-order valence-corrected chi connectivity index (χ1v) is 8.63. The number of urea groups is 1. The summed E-state index contributed by atoms with van der Waals surface area (Å²) in [4.78, 5) is 23.8. The Morgan fingerprint density at radius 1 is 1.00 bits per heavy atom. The Morgan fingerprint density at radius 3 is 2.41 bits per heavy atom. The first-order valence-electron chi connectivity index (χ1n) is 8.63. The molecule has 0 aliphatic heterocycles. The van der Waals surface area contributed by atoms with Gasteiger partial charge in [-0.15, -0.1) is 0 Å². The largest absolute Gasteiger partial charge is 0.380 e. The molecule has 0 aromatic heterocycles. The van der Waals surface area contributed by atoms with Crippen LogP contribution in [0, 0.1) is 12.7 Å². The zero-order valence-corrected chi connectivity index (χ0v) is 15.5. The lowest BCUT2D eigenvalue weighted by Crippen LogP contribution is -2.40. The van der Waals surface area contributed by atoms with Gasteiger partial charge in [-0.25, -0.2) is 9.18 Å². The summed E-state index contributed by atoms with van der Waals surface area (Å²) in [6.07, 6.45) is 0. The van der Waals surface area contributed by atoms with Gasteiger partial charge in [0.25, 0.3) is 5.91 Å². The van der Waals surface area contributed by atoms with Gasteiger partial charge < -0.3 is 20.7 Å². The van der Waals surface area contributed by atoms with E-state index in [0.29, 0.717) is 18.7 Å². The molecule has 7 heteroatoms. The average Bonchev–Trinajstić information content (AvgIpc) is 2.66. The SMILES string of the molecule is COCc1ccccc1CNC(=O)NCCNC(=O)c1ccc(C)c(F)c1. The smallest absolute Gasteiger partial charge is 0.315 e. The Kier molecular flexibility index (Phi) is 7.76. The molecule has 0 aliphatic carbocycles. The summed E-state index contributed by atoms with van der Waals surface area (Å²) in [6, 6.07) is 11.7. The van der Waals surface area contributed by atoms with Gasteiger partial charge >= 0.3 is 6.03 Å². The number of amides is 3. The highest BCUT2D eigenvalue weighted by molar-refractivity contribution is 5.94. The van der Waals surface area contributed by atoms with Crippen molar-refractivity contribution in [3.8, 4) is 0 Å². The van der Waals surface area contributed by atoms with Crippen LogP contribution in [0.2, 0.25) is 0 Å². The molecule has 3 N–H and O–H groups in total. The van der Waals surface area contributed by atoms with E-state index in [2.05, 4.69) is 16.0 Å². The van der Waals surface area contributed by atoms with Gasteiger partial charge in [-0.2, -0.15) is 0 Å². The normalized spacial score (nSPS) is 10.3. The zero-order valence-electron chi connectivity index (χ0n) is 15.5. The molecule has 0 fully saturated rings. The van der Waals surface area contributed by atoms with Gasteiger partial charge in [0.15, 0.2) is 0 Å². The Bertz CT molecular complexity index is 796. The summed E-state index contributed by atoms with van der Waals surface area (Å²) >= 11 is 0. The van der Waals surface area contributed by atoms with Crippen molar-refractivity contribution in [2.45, 2.75) is 20.1 Å². The van der Waals surface area contributed by atoms with Crippen LogP contribution in [0.25, 0.3) is 0 Å². The monoisotopic (exact) mass is 373 g/mol. The lowest BCUT2D eigenvalue weighted by molar-refractivity contribution is 0.0953. The highest BCUT2D eigenvalue weighted by Crippen LogP contribution is 2.10. The number of methoxy groups -OCH3 is 1. The number of nitrogens with one attached hydrogen (secondary N) is 3. The molecule has 0 atom stereocenters. The quantitative estimate of drug-likeness (QED) is 0.622. The number of benzene rings is 2. The molecule has 0 saturated carbocycles. The standard InChI is InChI=1S/C20H24FN3O3/c1-14-7-8-15(11-18(14)21)19(25)22-9-10-23-20(26)24-12-16-5-3-4-6-17(16)13-27-2/h3-8,11H,9-10,12-13H2,1-2H3,(H,22,25)(H2,23,24,26). The topological polar surface area (TPSA) is 79.5 Å². The highest BCUT2D eigenvalue weighted by Gasteiger charge is 2.08. The van der Waals surface area contributed by atoms with Crippen molar-refractivity contribution < 1.29 is 18.7 Å². The van der Waals surface area contributed by atoms with Crippen LogP contribution < -0.4 is 16.0 Å². The number of hydrogen-bond donors (Lipinski definition) is 3. The number of aryl methyl sites for hydroxylation is 1. The Morgan fingerprint density at radius 2 is 1.70 bits per heavy atom. The molecule has 3 amide bonds. The number of halogens is 1. The van der Waals surface area contributed by atoms with Crippen molar-refractivity contribution in [1.82, 2.24) is 16.0 Å². The summed E-state index contributed by atoms with van der Waals surface area (Å²) in [5.41, 5.74) is 2.72. The second-order valence-corrected chi connectivity index (χ2v) is 6.03. The molecule has 0 radical (unpaired) electrons. The molecule has 2 rings (SSSR count). The summed E-state index contributed by atoms with van der Waals surface area (Å²) in [5, 5.41) is 8.06. The second kappa shape index (κ2) is 10.3. The molecule has 0 unspecified atom stereocenters. The summed E-state index contributed by atoms with van der Waals surface area (Å²) in [6.45, 7) is 2.98. The van der Waals surface area contributed by atoms with Gasteiger partial charge in [0.2, 0.25) is 0 Å². The van der Waals surface area contributed by atoms with E-state index in [4.69, 9.17) is 4.74 Å². The first kappa shape index (κ1) is 20.4. The van der Waals surface area contributed by atoms with E-state index in [-0.39, 0.29) is 30.6 Å². The number of carbonyl (C=O) groups excluding carboxylic acids is 2. The van der Waals surface area contributed by atoms with Crippen LogP contribution in [-0.2, 0) is 17.9 Å². The fourth-order valence-corrected chi connectivity index (χ4v) is 2.45. The Hall–Kier alpha value is -2.93. The second-order valence-electron chi connectivity index (χ2n) is 6.03. The van der Waals surface area contributed by atoms with Crippen LogP contribution in [0.1, 0.15) is 27.0 Å². The molecule has 2 aromatic rings. The van der Waals surface area contributed by atoms with Gasteiger partial charge in [-0.05, 0) is 35.7 Å². The predicted octanol–water partition coefficient (Wildman–Crippen LogP) is 2.51. The molecule has 6 nitrogen and oxygen atoms in total. The molecular weight excluding hydrogens is 349 g/mol. The number of rotatable bonds is 8. The molecular formula is C20H24FN3O3. The predicted molar refractivity (Wildman–Crippen MR) is 101 cm³/mol. The van der Waals surface area contributed by atoms with Crippen LogP contribution >= 0.6 is 0 Å². The highest BCUT2D eigenvalue weighted by atomic mass is 19.1. The van der Waals surface area contributed by atoms with E-state index in [0.717, 1.165) is 11.1 Å². The maximum Gasteiger partial charge on any atom is 0.315 e. The third-order valence-electron chi connectivity index (χ3n) is 3.99. The minimum absolute atomic E-state index is 0.238. The fraction of sp³-hybridized carbons (Fsp3) is 0.300. The minimum atomic E-state index is -0.422. The molecule has 27 heavy (non-hydrogen) atoms. The summed E-state index contributed by atoms with van der Waals surface area (Å²) < 4.78 is 18.6. The van der Waals surface area contributed by atoms with E-state index >= 15 is 0 Å². The van der Waals surface area contributed by atoms with Crippen molar-refractivity contribution in [1.29, 1.82) is 0 Å². The van der Waals surface area contributed by atoms with Crippen LogP contribution in [0.5, 0.6) is 0 Å². The van der Waals surface area contributed by atoms with Crippen molar-refractivity contribution in [3.63, 3.8) is 0 Å². The van der Waals surface area contributed by atoms with E-state index < -0.39 is 5.82 Å². The Balaban J connectivity index is 1.70. The maximum absolute atomic E-state index is 13.5. The van der Waals surface area contributed by atoms with Crippen molar-refractivity contribution >= 4 is 11.9 Å². The van der Waals surface area contributed by atoms with E-state index in [1.807, 2.05) is 24.3 Å². The van der Waals surface area contributed by atoms with Crippen molar-refractivity contribution in [2.24, 2.45) is 0 Å². The summed E-state index contributed by atoms with van der Waals surface area (Å²) in [5.74, 6) is -0.807. The van der Waals surface area contributed by atoms with Crippen LogP contribution in [0.15, 0.2) is 42.5 Å². The molecule has 0 saturated heterocycles. The van der Waals surface area contributed by atoms with Crippen LogP contribution in [0.4, 0.5) is 9.18 Å². The van der Waals surface area contributed by atoms with Gasteiger partial charge in [0.05, 0.1) is 6.61 Å². The average molecular weight is 373 g/mol. The van der Waals surface area contributed by atoms with Crippen molar-refractivity contribution in [3.05, 3.63) is 70.5 Å². The molecule has 0 spiro atoms. The first-order chi connectivity index (χ1) is 13.0. The summed E-state index contributed by atoms with van der Waals surface area (Å²) in [7, 11) is 1.62. The van der Waals surface area contributed by atoms with Gasteiger partial charge in [-0.1, -0.05) is 30.3 Å². The van der Waals surface area contributed by atoms with Crippen molar-refractivity contribution in [2.75, 3.05) is 20.2 Å². The molecule has 0 aliphatic rings. The molecule has 144 valence electrons. The maximum atomic E-state index is 13.5. The minimum Gasteiger partial charge on any atom is -0.380 e. The lowest BCUT2D eigenvalue weighted by Gasteiger charge is -2.11. The van der Waals surface area contributed by atoms with E-state index in [1.165, 1.54) is 6.07 Å². The van der Waals surface area contributed by atoms with Gasteiger partial charge in [-0.3, -0.25) is 4.79 Å². The fourth-order valence-electron chi connectivity index (χ4n) is 2.45. The number of ether oxygens (including phenoxy) is 1. The number of carbonyl (C=O) groups is 2. The van der Waals surface area contributed by atoms with Gasteiger partial charge in [0, 0.05) is 32.3 Å². The van der Waals surface area contributed by atoms with E-state index in [1.54, 1.807) is 26.2 Å².